The second-order valence-corrected chi connectivity index (χ2v) is 12.6. The fourth-order valence-electron chi connectivity index (χ4n) is 6.08. The molecule has 6 nitrogen and oxygen atoms in total. The molecular weight excluding hydrogens is 534 g/mol. The third-order valence-corrected chi connectivity index (χ3v) is 8.94. The number of benzene rings is 3. The normalized spacial score (nSPS) is 25.3. The Bertz CT molecular complexity index is 1450. The molecule has 1 spiro atoms. The Morgan fingerprint density at radius 2 is 1.59 bits per heavy atom. The molecule has 2 aliphatic heterocycles. The Balaban J connectivity index is 1.70. The predicted molar refractivity (Wildman–Crippen MR) is 163 cm³/mol. The van der Waals surface area contributed by atoms with Crippen LogP contribution in [0, 0.1) is 5.41 Å². The van der Waals surface area contributed by atoms with Crippen molar-refractivity contribution in [3.63, 3.8) is 0 Å². The van der Waals surface area contributed by atoms with Crippen LogP contribution in [0.15, 0.2) is 84.4 Å². The Morgan fingerprint density at radius 1 is 0.927 bits per heavy atom. The average molecular weight is 572 g/mol. The lowest BCUT2D eigenvalue weighted by molar-refractivity contribution is -0.157. The largest absolute Gasteiger partial charge is 0.497 e. The number of ether oxygens (including phenoxy) is 3. The summed E-state index contributed by atoms with van der Waals surface area (Å²) in [5, 5.41) is 3.61. The molecular formula is C34H37NO5S. The molecule has 2 fully saturated rings. The van der Waals surface area contributed by atoms with Gasteiger partial charge >= 0.3 is 5.97 Å². The number of methoxy groups -OCH3 is 2. The fourth-order valence-corrected chi connectivity index (χ4v) is 7.43. The second kappa shape index (κ2) is 11.7. The summed E-state index contributed by atoms with van der Waals surface area (Å²) in [4.78, 5) is 28.8. The van der Waals surface area contributed by atoms with Crippen LogP contribution < -0.4 is 14.8 Å². The van der Waals surface area contributed by atoms with E-state index < -0.39 is 29.0 Å². The van der Waals surface area contributed by atoms with E-state index in [1.807, 2.05) is 106 Å². The molecule has 0 amide bonds. The zero-order valence-electron chi connectivity index (χ0n) is 24.2. The Morgan fingerprint density at radius 3 is 2.27 bits per heavy atom. The molecule has 4 atom stereocenters. The van der Waals surface area contributed by atoms with Crippen molar-refractivity contribution in [3.05, 3.63) is 101 Å². The average Bonchev–Trinajstić information content (AvgIpc) is 3.31. The van der Waals surface area contributed by atoms with Gasteiger partial charge in [-0.3, -0.25) is 14.9 Å². The van der Waals surface area contributed by atoms with E-state index in [0.717, 1.165) is 28.0 Å². The molecule has 2 saturated heterocycles. The highest BCUT2D eigenvalue weighted by Crippen LogP contribution is 2.58. The number of Topliss-reactive ketones (excluding diaryl/α,β-unsaturated/α-hetero) is 1. The maximum absolute atomic E-state index is 14.9. The number of ketones is 1. The van der Waals surface area contributed by atoms with Gasteiger partial charge in [-0.2, -0.15) is 11.8 Å². The van der Waals surface area contributed by atoms with E-state index in [0.29, 0.717) is 17.3 Å². The van der Waals surface area contributed by atoms with Gasteiger partial charge < -0.3 is 14.2 Å². The van der Waals surface area contributed by atoms with Crippen LogP contribution >= 0.6 is 11.8 Å². The second-order valence-electron chi connectivity index (χ2n) is 11.6. The molecule has 5 rings (SSSR count). The van der Waals surface area contributed by atoms with Gasteiger partial charge in [0.1, 0.15) is 23.1 Å². The smallest absolute Gasteiger partial charge is 0.324 e. The van der Waals surface area contributed by atoms with E-state index in [-0.39, 0.29) is 11.8 Å². The van der Waals surface area contributed by atoms with Crippen LogP contribution in [0.1, 0.15) is 49.4 Å². The summed E-state index contributed by atoms with van der Waals surface area (Å²) in [5.74, 6) is 1.72. The first-order valence-electron chi connectivity index (χ1n) is 13.8. The van der Waals surface area contributed by atoms with Crippen LogP contribution in [-0.2, 0) is 14.3 Å². The minimum atomic E-state index is -0.955. The third kappa shape index (κ3) is 5.79. The molecule has 2 aliphatic rings. The third-order valence-electron chi connectivity index (χ3n) is 7.74. The van der Waals surface area contributed by atoms with Crippen LogP contribution in [0.25, 0.3) is 6.08 Å². The molecule has 0 saturated carbocycles. The minimum absolute atomic E-state index is 0.0410. The summed E-state index contributed by atoms with van der Waals surface area (Å²) in [6.07, 6.45) is 1.96. The minimum Gasteiger partial charge on any atom is -0.497 e. The number of esters is 1. The van der Waals surface area contributed by atoms with Crippen LogP contribution in [-0.4, -0.2) is 49.1 Å². The van der Waals surface area contributed by atoms with Crippen LogP contribution in [0.3, 0.4) is 0 Å². The van der Waals surface area contributed by atoms with Crippen molar-refractivity contribution in [2.75, 3.05) is 25.7 Å². The zero-order valence-corrected chi connectivity index (χ0v) is 25.0. The van der Waals surface area contributed by atoms with Crippen LogP contribution in [0.2, 0.25) is 0 Å². The van der Waals surface area contributed by atoms with Gasteiger partial charge in [-0.15, -0.1) is 0 Å². The Kier molecular flexibility index (Phi) is 8.30. The van der Waals surface area contributed by atoms with Crippen molar-refractivity contribution in [1.29, 1.82) is 0 Å². The van der Waals surface area contributed by atoms with Crippen molar-refractivity contribution in [3.8, 4) is 11.5 Å². The summed E-state index contributed by atoms with van der Waals surface area (Å²) >= 11 is 1.72. The molecule has 214 valence electrons. The molecule has 0 radical (unpaired) electrons. The lowest BCUT2D eigenvalue weighted by atomic mass is 9.64. The number of carbonyl (C=O) groups is 2. The Hall–Kier alpha value is -3.55. The van der Waals surface area contributed by atoms with Crippen molar-refractivity contribution >= 4 is 29.6 Å². The van der Waals surface area contributed by atoms with Gasteiger partial charge in [0, 0.05) is 29.0 Å². The van der Waals surface area contributed by atoms with Crippen molar-refractivity contribution in [2.24, 2.45) is 5.41 Å². The number of hydrogen-bond acceptors (Lipinski definition) is 7. The monoisotopic (exact) mass is 571 g/mol. The molecule has 7 heteroatoms. The Labute approximate surface area is 246 Å². The van der Waals surface area contributed by atoms with E-state index in [9.17, 15) is 9.59 Å². The molecule has 2 heterocycles. The van der Waals surface area contributed by atoms with Crippen LogP contribution in [0.5, 0.6) is 11.5 Å². The van der Waals surface area contributed by atoms with Gasteiger partial charge in [-0.25, -0.2) is 0 Å². The van der Waals surface area contributed by atoms with Crippen molar-refractivity contribution in [1.82, 2.24) is 5.32 Å². The molecule has 0 bridgehead atoms. The topological polar surface area (TPSA) is 73.9 Å². The summed E-state index contributed by atoms with van der Waals surface area (Å²) in [5.41, 5.74) is 1.80. The highest BCUT2D eigenvalue weighted by molar-refractivity contribution is 7.99. The first kappa shape index (κ1) is 29.0. The van der Waals surface area contributed by atoms with E-state index in [2.05, 4.69) is 5.32 Å². The van der Waals surface area contributed by atoms with E-state index in [4.69, 9.17) is 14.2 Å². The molecule has 4 unspecified atom stereocenters. The predicted octanol–water partition coefficient (Wildman–Crippen LogP) is 6.23. The first-order valence-corrected chi connectivity index (χ1v) is 15.0. The number of rotatable bonds is 6. The standard InChI is InChI=1S/C34H37NO5S/c1-33(2,3)40-32(37)29-28(24-14-10-16-27(19-24)39-5)34(30(35-29)23-12-7-6-8-13-23)21-41-20-25(31(34)36)17-22-11-9-15-26(18-22)38-4/h6-19,28-30,35H,20-21H2,1-5H3/b25-17+. The highest BCUT2D eigenvalue weighted by Gasteiger charge is 2.63. The van der Waals surface area contributed by atoms with Gasteiger partial charge in [-0.1, -0.05) is 54.6 Å². The van der Waals surface area contributed by atoms with Gasteiger partial charge in [-0.05, 0) is 67.8 Å². The maximum atomic E-state index is 14.9. The highest BCUT2D eigenvalue weighted by atomic mass is 32.2. The maximum Gasteiger partial charge on any atom is 0.324 e. The number of thioether (sulfide) groups is 1. The fraction of sp³-hybridized carbons (Fsp3) is 0.353. The van der Waals surface area contributed by atoms with Crippen molar-refractivity contribution in [2.45, 2.75) is 44.4 Å². The molecule has 0 aromatic heterocycles. The van der Waals surface area contributed by atoms with E-state index in [1.54, 1.807) is 26.0 Å². The number of nitrogens with one attached hydrogen (secondary N) is 1. The van der Waals surface area contributed by atoms with Crippen LogP contribution in [0.4, 0.5) is 0 Å². The van der Waals surface area contributed by atoms with Gasteiger partial charge in [0.05, 0.1) is 19.6 Å². The lowest BCUT2D eigenvalue weighted by Gasteiger charge is -2.42. The molecule has 41 heavy (non-hydrogen) atoms. The van der Waals surface area contributed by atoms with Gasteiger partial charge in [0.15, 0.2) is 5.78 Å². The molecule has 3 aromatic rings. The molecule has 1 N–H and O–H groups in total. The summed E-state index contributed by atoms with van der Waals surface area (Å²) in [6, 6.07) is 24.2. The number of hydrogen-bond donors (Lipinski definition) is 1. The lowest BCUT2D eigenvalue weighted by Crippen LogP contribution is -2.47. The number of carbonyl (C=O) groups excluding carboxylic acids is 2. The van der Waals surface area contributed by atoms with Gasteiger partial charge in [0.25, 0.3) is 0 Å². The van der Waals surface area contributed by atoms with E-state index >= 15 is 0 Å². The summed E-state index contributed by atoms with van der Waals surface area (Å²) in [6.45, 7) is 5.59. The van der Waals surface area contributed by atoms with Gasteiger partial charge in [0.2, 0.25) is 0 Å². The van der Waals surface area contributed by atoms with E-state index in [1.165, 1.54) is 0 Å². The quantitative estimate of drug-likeness (QED) is 0.278. The molecule has 0 aliphatic carbocycles. The zero-order chi connectivity index (χ0) is 29.2. The summed E-state index contributed by atoms with van der Waals surface area (Å²) < 4.78 is 17.0. The summed E-state index contributed by atoms with van der Waals surface area (Å²) in [7, 11) is 3.25. The van der Waals surface area contributed by atoms with Crippen molar-refractivity contribution < 1.29 is 23.8 Å². The first-order chi connectivity index (χ1) is 19.7. The molecule has 3 aromatic carbocycles. The SMILES string of the molecule is COc1cccc(/C=C2\CSCC3(C2=O)C(c2ccccc2)NC(C(=O)OC(C)(C)C)C3c2cccc(OC)c2)c1.